The van der Waals surface area contributed by atoms with Crippen molar-refractivity contribution in [3.63, 3.8) is 0 Å². The van der Waals surface area contributed by atoms with Crippen LogP contribution < -0.4 is 5.32 Å². The molecular formula is C18H17BrN2O2S. The Hall–Kier alpha value is -1.89. The lowest BCUT2D eigenvalue weighted by molar-refractivity contribution is -0.117. The first-order chi connectivity index (χ1) is 11.7. The molecule has 1 N–H and O–H groups in total. The molecule has 0 saturated heterocycles. The van der Waals surface area contributed by atoms with Gasteiger partial charge in [-0.2, -0.15) is 0 Å². The highest BCUT2D eigenvalue weighted by Gasteiger charge is 2.14. The Morgan fingerprint density at radius 1 is 1.17 bits per heavy atom. The summed E-state index contributed by atoms with van der Waals surface area (Å²) in [7, 11) is 0. The number of amides is 1. The van der Waals surface area contributed by atoms with Crippen molar-refractivity contribution in [3.05, 3.63) is 75.3 Å². The van der Waals surface area contributed by atoms with E-state index in [4.69, 9.17) is 4.42 Å². The van der Waals surface area contributed by atoms with Crippen molar-refractivity contribution >= 4 is 38.9 Å². The lowest BCUT2D eigenvalue weighted by Gasteiger charge is -2.20. The fraction of sp³-hybridized carbons (Fsp3) is 0.167. The molecule has 2 aromatic heterocycles. The van der Waals surface area contributed by atoms with Crippen LogP contribution in [0.25, 0.3) is 0 Å². The molecule has 0 unspecified atom stereocenters. The van der Waals surface area contributed by atoms with E-state index in [2.05, 4.69) is 32.2 Å². The quantitative estimate of drug-likeness (QED) is 0.618. The average Bonchev–Trinajstić information content (AvgIpc) is 3.21. The standard InChI is InChI=1S/C18H17BrN2O2S/c19-14-4-1-5-15(10-14)20-18(22)13-21(11-16-6-2-8-23-16)12-17-7-3-9-24-17/h1-10H,11-13H2,(H,20,22). The molecule has 0 aliphatic rings. The number of rotatable bonds is 7. The molecule has 0 spiro atoms. The molecule has 0 bridgehead atoms. The normalized spacial score (nSPS) is 10.9. The fourth-order valence-electron chi connectivity index (χ4n) is 2.38. The van der Waals surface area contributed by atoms with E-state index in [1.54, 1.807) is 17.6 Å². The number of furan rings is 1. The zero-order valence-electron chi connectivity index (χ0n) is 12.9. The van der Waals surface area contributed by atoms with Crippen LogP contribution in [-0.2, 0) is 17.9 Å². The summed E-state index contributed by atoms with van der Waals surface area (Å²) in [4.78, 5) is 15.7. The number of hydrogen-bond donors (Lipinski definition) is 1. The topological polar surface area (TPSA) is 45.5 Å². The van der Waals surface area contributed by atoms with Gasteiger partial charge in [-0.25, -0.2) is 0 Å². The van der Waals surface area contributed by atoms with Crippen LogP contribution in [0.1, 0.15) is 10.6 Å². The molecule has 1 aromatic carbocycles. The molecule has 6 heteroatoms. The van der Waals surface area contributed by atoms with Gasteiger partial charge in [0.1, 0.15) is 5.76 Å². The maximum atomic E-state index is 12.4. The highest BCUT2D eigenvalue weighted by molar-refractivity contribution is 9.10. The van der Waals surface area contributed by atoms with E-state index in [0.717, 1.165) is 15.9 Å². The molecule has 0 aliphatic heterocycles. The van der Waals surface area contributed by atoms with Gasteiger partial charge in [-0.3, -0.25) is 9.69 Å². The van der Waals surface area contributed by atoms with Crippen molar-refractivity contribution in [1.29, 1.82) is 0 Å². The number of hydrogen-bond acceptors (Lipinski definition) is 4. The van der Waals surface area contributed by atoms with Gasteiger partial charge < -0.3 is 9.73 Å². The van der Waals surface area contributed by atoms with Crippen LogP contribution in [0, 0.1) is 0 Å². The Morgan fingerprint density at radius 2 is 2.08 bits per heavy atom. The van der Waals surface area contributed by atoms with Gasteiger partial charge in [0.05, 0.1) is 19.4 Å². The van der Waals surface area contributed by atoms with Crippen LogP contribution in [0.2, 0.25) is 0 Å². The highest BCUT2D eigenvalue weighted by Crippen LogP contribution is 2.17. The summed E-state index contributed by atoms with van der Waals surface area (Å²) in [6, 6.07) is 15.5. The van der Waals surface area contributed by atoms with Crippen LogP contribution in [0.5, 0.6) is 0 Å². The third-order valence-electron chi connectivity index (χ3n) is 3.39. The van der Waals surface area contributed by atoms with E-state index in [1.807, 2.05) is 47.8 Å². The Kier molecular flexibility index (Phi) is 5.85. The number of nitrogens with one attached hydrogen (secondary N) is 1. The van der Waals surface area contributed by atoms with Gasteiger partial charge in [-0.1, -0.05) is 28.1 Å². The summed E-state index contributed by atoms with van der Waals surface area (Å²) >= 11 is 5.10. The first-order valence-corrected chi connectivity index (χ1v) is 9.19. The maximum Gasteiger partial charge on any atom is 0.238 e. The van der Waals surface area contributed by atoms with Crippen LogP contribution in [-0.4, -0.2) is 17.4 Å². The molecule has 3 aromatic rings. The molecule has 0 fully saturated rings. The first kappa shape index (κ1) is 17.0. The molecule has 4 nitrogen and oxygen atoms in total. The van der Waals surface area contributed by atoms with Gasteiger partial charge in [0.25, 0.3) is 0 Å². The van der Waals surface area contributed by atoms with Crippen molar-refractivity contribution in [2.45, 2.75) is 13.1 Å². The zero-order valence-corrected chi connectivity index (χ0v) is 15.3. The second kappa shape index (κ2) is 8.28. The van der Waals surface area contributed by atoms with Crippen LogP contribution >= 0.6 is 27.3 Å². The van der Waals surface area contributed by atoms with E-state index >= 15 is 0 Å². The van der Waals surface area contributed by atoms with Crippen LogP contribution in [0.4, 0.5) is 5.69 Å². The number of thiophene rings is 1. The summed E-state index contributed by atoms with van der Waals surface area (Å²) < 4.78 is 6.36. The highest BCUT2D eigenvalue weighted by atomic mass is 79.9. The van der Waals surface area contributed by atoms with E-state index in [0.29, 0.717) is 19.6 Å². The zero-order chi connectivity index (χ0) is 16.8. The minimum atomic E-state index is -0.0452. The summed E-state index contributed by atoms with van der Waals surface area (Å²) in [5.41, 5.74) is 0.781. The third kappa shape index (κ3) is 5.06. The van der Waals surface area contributed by atoms with Gasteiger partial charge in [0.2, 0.25) is 5.91 Å². The number of anilines is 1. The molecule has 2 heterocycles. The van der Waals surface area contributed by atoms with Gasteiger partial charge in [0, 0.05) is 21.6 Å². The average molecular weight is 405 g/mol. The maximum absolute atomic E-state index is 12.4. The van der Waals surface area contributed by atoms with Gasteiger partial charge in [-0.15, -0.1) is 11.3 Å². The predicted molar refractivity (Wildman–Crippen MR) is 99.9 cm³/mol. The Morgan fingerprint density at radius 3 is 2.79 bits per heavy atom. The molecule has 0 atom stereocenters. The largest absolute Gasteiger partial charge is 0.468 e. The summed E-state index contributed by atoms with van der Waals surface area (Å²) in [5.74, 6) is 0.804. The predicted octanol–water partition coefficient (Wildman–Crippen LogP) is 4.74. The molecule has 124 valence electrons. The number of carbonyl (C=O) groups excluding carboxylic acids is 1. The van der Waals surface area contributed by atoms with E-state index in [-0.39, 0.29) is 5.91 Å². The molecular weight excluding hydrogens is 388 g/mol. The smallest absolute Gasteiger partial charge is 0.238 e. The number of benzene rings is 1. The van der Waals surface area contributed by atoms with Crippen molar-refractivity contribution in [2.75, 3.05) is 11.9 Å². The molecule has 0 radical (unpaired) electrons. The Labute approximate surface area is 153 Å². The summed E-state index contributed by atoms with van der Waals surface area (Å²) in [6.07, 6.45) is 1.65. The SMILES string of the molecule is O=C(CN(Cc1ccco1)Cc1cccs1)Nc1cccc(Br)c1. The van der Waals surface area contributed by atoms with Crippen molar-refractivity contribution in [3.8, 4) is 0 Å². The van der Waals surface area contributed by atoms with Gasteiger partial charge in [0.15, 0.2) is 0 Å². The van der Waals surface area contributed by atoms with Gasteiger partial charge in [-0.05, 0) is 41.8 Å². The number of carbonyl (C=O) groups is 1. The van der Waals surface area contributed by atoms with Crippen LogP contribution in [0.15, 0.2) is 69.1 Å². The van der Waals surface area contributed by atoms with E-state index in [9.17, 15) is 4.79 Å². The third-order valence-corrected chi connectivity index (χ3v) is 4.75. The summed E-state index contributed by atoms with van der Waals surface area (Å²) in [6.45, 7) is 1.60. The minimum Gasteiger partial charge on any atom is -0.468 e. The number of nitrogens with zero attached hydrogens (tertiary/aromatic N) is 1. The first-order valence-electron chi connectivity index (χ1n) is 7.51. The number of halogens is 1. The summed E-state index contributed by atoms with van der Waals surface area (Å²) in [5, 5.41) is 4.98. The molecule has 1 amide bonds. The molecule has 24 heavy (non-hydrogen) atoms. The van der Waals surface area contributed by atoms with Crippen LogP contribution in [0.3, 0.4) is 0 Å². The van der Waals surface area contributed by atoms with Crippen molar-refractivity contribution in [2.24, 2.45) is 0 Å². The minimum absolute atomic E-state index is 0.0452. The second-order valence-electron chi connectivity index (χ2n) is 5.36. The van der Waals surface area contributed by atoms with E-state index in [1.165, 1.54) is 4.88 Å². The Bertz CT molecular complexity index is 736. The van der Waals surface area contributed by atoms with E-state index < -0.39 is 0 Å². The Balaban J connectivity index is 1.64. The van der Waals surface area contributed by atoms with Gasteiger partial charge >= 0.3 is 0 Å². The van der Waals surface area contributed by atoms with Crippen molar-refractivity contribution < 1.29 is 9.21 Å². The molecule has 0 aliphatic carbocycles. The van der Waals surface area contributed by atoms with Crippen molar-refractivity contribution in [1.82, 2.24) is 4.90 Å². The molecule has 3 rings (SSSR count). The molecule has 0 saturated carbocycles. The monoisotopic (exact) mass is 404 g/mol. The lowest BCUT2D eigenvalue weighted by atomic mass is 10.3. The second-order valence-corrected chi connectivity index (χ2v) is 7.31. The fourth-order valence-corrected chi connectivity index (χ4v) is 3.53. The lowest BCUT2D eigenvalue weighted by Crippen LogP contribution is -2.32.